The summed E-state index contributed by atoms with van der Waals surface area (Å²) in [5.74, 6) is -7.40. The number of hydrogen-bond donors (Lipinski definition) is 9. The molecule has 6 aliphatic rings. The number of rotatable bonds is 26. The molecular formula is C62H90CoN13O15P. The average molecular weight is 1350 g/mol. The van der Waals surface area contributed by atoms with Gasteiger partial charge in [-0.1, -0.05) is 40.7 Å². The Balaban J connectivity index is 0.00000672. The molecule has 2 saturated heterocycles. The number of aliphatic imine (C=N–C) groups is 3. The molecule has 1 aromatic carbocycles. The van der Waals surface area contributed by atoms with E-state index < -0.39 is 143 Å². The summed E-state index contributed by atoms with van der Waals surface area (Å²) >= 11 is 0. The van der Waals surface area contributed by atoms with Crippen LogP contribution in [0.15, 0.2) is 67.8 Å². The Hall–Kier alpha value is -6.53. The van der Waals surface area contributed by atoms with E-state index in [0.29, 0.717) is 56.4 Å². The maximum absolute atomic E-state index is 14.4. The van der Waals surface area contributed by atoms with Gasteiger partial charge in [-0.25, -0.2) is 4.98 Å². The van der Waals surface area contributed by atoms with Crippen molar-refractivity contribution in [2.24, 2.45) is 94.7 Å². The SMILES string of the molecule is C/C1=C2/[N-][C@H]([C@H](CC(N)=O)[C@@]2(C)CCC(=O)NC[C@@H](C)OP(=O)([O-])O[C@@H]2[C@@H](O)[C@@H](n3cnc4cc(C)c(C)cc43)O[C@@H]2CO)[C@]2(C)N=C(/C(C)=C3\N=C(C=C4N=C1[C@@H](CCC(N)=O)C4(C)C)[C@@H](CCC(N)=O)[C@]3(C)CC(N)=O)[C@@H](CCC(N)=O)[C@]2(C)CC(N)=O.O.[Co+2]. The number of nitrogens with zero attached hydrogens (tertiary/aromatic N) is 6. The molecule has 2 aromatic rings. The van der Waals surface area contributed by atoms with E-state index in [1.165, 1.54) is 17.8 Å². The minimum Gasteiger partial charge on any atom is -0.756 e. The predicted octanol–water partition coefficient (Wildman–Crippen LogP) is 2.49. The third-order valence-corrected chi connectivity index (χ3v) is 21.6. The average Bonchev–Trinajstić information content (AvgIpc) is 1.53. The van der Waals surface area contributed by atoms with Gasteiger partial charge in [-0.2, -0.15) is 5.70 Å². The number of aryl methyl sites for hydroxylation is 2. The van der Waals surface area contributed by atoms with Crippen molar-refractivity contribution in [3.63, 3.8) is 0 Å². The molecule has 30 heteroatoms. The van der Waals surface area contributed by atoms with Crippen molar-refractivity contribution in [1.29, 1.82) is 0 Å². The molecule has 1 aromatic heterocycles. The summed E-state index contributed by atoms with van der Waals surface area (Å²) in [6.45, 7) is 19.0. The van der Waals surface area contributed by atoms with Gasteiger partial charge in [-0.15, -0.1) is 0 Å². The number of imidazole rings is 1. The number of carbonyl (C=O) groups is 7. The quantitative estimate of drug-likeness (QED) is 0.0611. The Bertz CT molecular complexity index is 3550. The number of primary amides is 6. The van der Waals surface area contributed by atoms with Gasteiger partial charge in [0.15, 0.2) is 6.23 Å². The maximum atomic E-state index is 14.4. The zero-order valence-electron chi connectivity index (χ0n) is 54.0. The van der Waals surface area contributed by atoms with E-state index in [2.05, 4.69) is 10.3 Å². The van der Waals surface area contributed by atoms with E-state index in [4.69, 9.17) is 68.5 Å². The van der Waals surface area contributed by atoms with Gasteiger partial charge in [0.2, 0.25) is 41.4 Å². The predicted molar refractivity (Wildman–Crippen MR) is 335 cm³/mol. The van der Waals surface area contributed by atoms with Crippen LogP contribution in [-0.4, -0.2) is 133 Å². The van der Waals surface area contributed by atoms with Gasteiger partial charge in [0.05, 0.1) is 41.3 Å². The number of hydrogen-bond acceptors (Lipinski definition) is 18. The molecule has 7 heterocycles. The second-order valence-corrected chi connectivity index (χ2v) is 28.3. The summed E-state index contributed by atoms with van der Waals surface area (Å²) < 4.78 is 31.9. The zero-order chi connectivity index (χ0) is 66.7. The molecule has 8 bridgehead atoms. The first-order valence-corrected chi connectivity index (χ1v) is 32.0. The number of nitrogens with one attached hydrogen (secondary N) is 1. The monoisotopic (exact) mass is 1350 g/mol. The van der Waals surface area contributed by atoms with Crippen LogP contribution in [0.5, 0.6) is 0 Å². The van der Waals surface area contributed by atoms with Gasteiger partial charge in [-0.3, -0.25) is 53.1 Å². The van der Waals surface area contributed by atoms with Crippen LogP contribution in [0, 0.1) is 59.2 Å². The number of aliphatic hydroxyl groups excluding tert-OH is 2. The summed E-state index contributed by atoms with van der Waals surface area (Å²) in [6, 6.07) is 2.65. The zero-order valence-corrected chi connectivity index (χ0v) is 55.9. The molecule has 0 spiro atoms. The van der Waals surface area contributed by atoms with Gasteiger partial charge in [0, 0.05) is 108 Å². The van der Waals surface area contributed by atoms with Crippen molar-refractivity contribution < 1.29 is 89.3 Å². The number of aromatic nitrogens is 2. The number of carbonyl (C=O) groups excluding carboxylic acids is 7. The molecule has 507 valence electrons. The van der Waals surface area contributed by atoms with Gasteiger partial charge >= 0.3 is 16.8 Å². The van der Waals surface area contributed by atoms with Gasteiger partial charge in [0.1, 0.15) is 18.3 Å². The molecule has 2 fully saturated rings. The van der Waals surface area contributed by atoms with Crippen molar-refractivity contribution in [3.05, 3.63) is 69.2 Å². The number of benzene rings is 1. The number of phosphoric ester groups is 1. The minimum atomic E-state index is -5.32. The second-order valence-electron chi connectivity index (χ2n) is 27.0. The third-order valence-electron chi connectivity index (χ3n) is 20.5. The normalized spacial score (nSPS) is 32.9. The summed E-state index contributed by atoms with van der Waals surface area (Å²) in [5.41, 5.74) is 36.7. The van der Waals surface area contributed by atoms with Gasteiger partial charge in [-0.05, 0) is 119 Å². The standard InChI is InChI=1S/C62H90N13O14P.Co.H2O/c1-29-20-39-40(21-30(29)2)75(28-70-39)57-52(84)53(41(27-76)87-57)89-90(85,86)88-31(3)26-69-49(83)18-19-59(8)37(22-46(66)80)56-62(11)61(10,25-48(68)82)36(14-17-45(65)79)51(74-62)33(5)55-60(9,24-47(67)81)34(12-15-43(63)77)38(71-55)23-42-58(6,7)35(13-16-44(64)78)50(72-42)32(4)54(59)73-56;;/h20-21,23,28,31,34-37,41,52-53,56-57,76,84H,12-19,22,24-27H2,1-11H3,(H15,63,64,65,66,67,68,69,71,72,73,74,77,78,79,80,81,82,83,85,86);;1H2/q;+2;/p-2/t31-,34-,35-,36-,37+,41-,52-,53+,56-,57+,59-,60+,61+,62+;;/m1../s1. The number of amides is 7. The smallest absolute Gasteiger partial charge is 0.756 e. The fraction of sp³-hybridized carbons (Fsp3) is 0.629. The van der Waals surface area contributed by atoms with Gasteiger partial charge < -0.3 is 84.0 Å². The number of ether oxygens (including phenoxy) is 1. The molecule has 7 amide bonds. The summed E-state index contributed by atoms with van der Waals surface area (Å²) in [7, 11) is -5.32. The van der Waals surface area contributed by atoms with Crippen LogP contribution >= 0.6 is 7.82 Å². The molecule has 1 unspecified atom stereocenters. The fourth-order valence-electron chi connectivity index (χ4n) is 15.3. The number of aliphatic hydroxyl groups is 2. The first-order valence-electron chi connectivity index (χ1n) is 30.5. The Morgan fingerprint density at radius 1 is 0.793 bits per heavy atom. The molecule has 0 aliphatic carbocycles. The summed E-state index contributed by atoms with van der Waals surface area (Å²) in [5, 5.41) is 30.1. The van der Waals surface area contributed by atoms with Crippen LogP contribution < -0.4 is 44.6 Å². The molecule has 8 rings (SSSR count). The van der Waals surface area contributed by atoms with E-state index in [9.17, 15) is 53.2 Å². The molecule has 17 N–H and O–H groups in total. The first kappa shape index (κ1) is 74.5. The maximum Gasteiger partial charge on any atom is 2.00 e. The molecular weight excluding hydrogens is 1260 g/mol. The molecule has 6 aliphatic heterocycles. The molecule has 28 nitrogen and oxygen atoms in total. The number of nitrogens with two attached hydrogens (primary N) is 6. The topological polar surface area (TPSA) is 496 Å². The molecule has 1 radical (unpaired) electrons. The Kier molecular flexibility index (Phi) is 22.5. The van der Waals surface area contributed by atoms with E-state index >= 15 is 0 Å². The Labute approximate surface area is 545 Å². The van der Waals surface area contributed by atoms with Crippen LogP contribution in [-0.2, 0) is 68.7 Å². The van der Waals surface area contributed by atoms with Crippen molar-refractivity contribution >= 4 is 77.3 Å². The minimum absolute atomic E-state index is 0. The second kappa shape index (κ2) is 27.8. The Morgan fingerprint density at radius 3 is 1.96 bits per heavy atom. The van der Waals surface area contributed by atoms with Crippen LogP contribution in [0.1, 0.15) is 150 Å². The van der Waals surface area contributed by atoms with E-state index in [0.717, 1.165) is 11.1 Å². The van der Waals surface area contributed by atoms with Gasteiger partial charge in [0.25, 0.3) is 7.82 Å². The number of allylic oxidation sites excluding steroid dienone is 6. The van der Waals surface area contributed by atoms with E-state index in [1.54, 1.807) is 6.92 Å². The number of phosphoric acid groups is 1. The van der Waals surface area contributed by atoms with Crippen molar-refractivity contribution in [1.82, 2.24) is 14.9 Å². The molecule has 0 saturated carbocycles. The molecule has 92 heavy (non-hydrogen) atoms. The van der Waals surface area contributed by atoms with Crippen LogP contribution in [0.25, 0.3) is 16.4 Å². The van der Waals surface area contributed by atoms with Crippen LogP contribution in [0.4, 0.5) is 0 Å². The van der Waals surface area contributed by atoms with E-state index in [-0.39, 0.29) is 99.4 Å². The Morgan fingerprint density at radius 2 is 1.38 bits per heavy atom. The van der Waals surface area contributed by atoms with E-state index in [1.807, 2.05) is 80.5 Å². The fourth-order valence-corrected chi connectivity index (χ4v) is 16.4. The third kappa shape index (κ3) is 14.1. The van der Waals surface area contributed by atoms with Crippen molar-refractivity contribution in [2.75, 3.05) is 13.2 Å². The summed E-state index contributed by atoms with van der Waals surface area (Å²) in [4.78, 5) is 128. The molecule has 15 atom stereocenters. The van der Waals surface area contributed by atoms with Crippen molar-refractivity contribution in [3.8, 4) is 0 Å². The van der Waals surface area contributed by atoms with Crippen LogP contribution in [0.3, 0.4) is 0 Å². The van der Waals surface area contributed by atoms with Crippen molar-refractivity contribution in [2.45, 2.75) is 189 Å². The summed E-state index contributed by atoms with van der Waals surface area (Å²) in [6.07, 6.45) is -4.79. The number of fused-ring (bicyclic) bond motifs is 7. The first-order chi connectivity index (χ1) is 41.8. The largest absolute Gasteiger partial charge is 2.00 e. The van der Waals surface area contributed by atoms with Crippen LogP contribution in [0.2, 0.25) is 0 Å².